The van der Waals surface area contributed by atoms with Crippen LogP contribution in [0.15, 0.2) is 0 Å². The van der Waals surface area contributed by atoms with Crippen LogP contribution in [0.4, 0.5) is 0 Å². The Morgan fingerprint density at radius 1 is 1.21 bits per heavy atom. The van der Waals surface area contributed by atoms with Gasteiger partial charge in [-0.25, -0.2) is 13.2 Å². The number of sulfone groups is 1. The second-order valence-electron chi connectivity index (χ2n) is 4.42. The summed E-state index contributed by atoms with van der Waals surface area (Å²) >= 11 is 2.52. The van der Waals surface area contributed by atoms with Crippen molar-refractivity contribution in [2.24, 2.45) is 5.41 Å². The van der Waals surface area contributed by atoms with E-state index in [1.165, 1.54) is 6.92 Å². The molecule has 0 fully saturated rings. The Labute approximate surface area is 93.4 Å². The molecule has 6 heteroatoms. The fourth-order valence-corrected chi connectivity index (χ4v) is 2.98. The smallest absolute Gasteiger partial charge is 0.339 e. The molecule has 0 rings (SSSR count). The zero-order chi connectivity index (χ0) is 11.8. The second kappa shape index (κ2) is 3.81. The van der Waals surface area contributed by atoms with Crippen molar-refractivity contribution in [3.63, 3.8) is 0 Å². The summed E-state index contributed by atoms with van der Waals surface area (Å²) in [5.41, 5.74) is -0.731. The second-order valence-corrected chi connectivity index (χ2v) is 7.10. The Morgan fingerprint density at radius 3 is 1.64 bits per heavy atom. The molecule has 0 spiro atoms. The molecule has 0 N–H and O–H groups in total. The van der Waals surface area contributed by atoms with Crippen molar-refractivity contribution in [3.05, 3.63) is 0 Å². The van der Waals surface area contributed by atoms with Gasteiger partial charge in [0.05, 0.1) is 0 Å². The molecule has 0 aromatic carbocycles. The summed E-state index contributed by atoms with van der Waals surface area (Å²) in [4.78, 5) is 11.5. The minimum absolute atomic E-state index is 0.731. The summed E-state index contributed by atoms with van der Waals surface area (Å²) in [5.74, 6) is -0.799. The summed E-state index contributed by atoms with van der Waals surface area (Å²) in [5, 5.41) is 0. The zero-order valence-electron chi connectivity index (χ0n) is 8.92. The minimum Gasteiger partial charge on any atom is -0.382 e. The van der Waals surface area contributed by atoms with E-state index in [0.29, 0.717) is 0 Å². The molecular formula is C8H15BrO4S. The maximum Gasteiger partial charge on any atom is 0.339 e. The molecule has 84 valence electrons. The van der Waals surface area contributed by atoms with Crippen molar-refractivity contribution >= 4 is 32.1 Å². The summed E-state index contributed by atoms with van der Waals surface area (Å²) in [6.45, 7) is 6.40. The molecule has 1 atom stereocenters. The van der Waals surface area contributed by atoms with Gasteiger partial charge in [0, 0.05) is 6.26 Å². The van der Waals surface area contributed by atoms with Crippen molar-refractivity contribution in [3.8, 4) is 0 Å². The van der Waals surface area contributed by atoms with Gasteiger partial charge in [0.1, 0.15) is 0 Å². The van der Waals surface area contributed by atoms with Crippen LogP contribution in [-0.4, -0.2) is 25.4 Å². The highest BCUT2D eigenvalue weighted by molar-refractivity contribution is 9.06. The van der Waals surface area contributed by atoms with E-state index in [4.69, 9.17) is 0 Å². The lowest BCUT2D eigenvalue weighted by atomic mass is 9.81. The predicted molar refractivity (Wildman–Crippen MR) is 57.7 cm³/mol. The molecule has 0 amide bonds. The molecule has 0 heterocycles. The summed E-state index contributed by atoms with van der Waals surface area (Å²) in [6.07, 6.45) is 1.03. The van der Waals surface area contributed by atoms with E-state index in [2.05, 4.69) is 20.1 Å². The highest BCUT2D eigenvalue weighted by Crippen LogP contribution is 2.38. The van der Waals surface area contributed by atoms with Gasteiger partial charge in [0.25, 0.3) is 0 Å². The van der Waals surface area contributed by atoms with Crippen molar-refractivity contribution in [2.45, 2.75) is 32.4 Å². The number of rotatable bonds is 2. The zero-order valence-corrected chi connectivity index (χ0v) is 11.3. The third-order valence-corrected chi connectivity index (χ3v) is 5.19. The normalized spacial score (nSPS) is 17.3. The molecule has 4 nitrogen and oxygen atoms in total. The van der Waals surface area contributed by atoms with Crippen LogP contribution in [0.5, 0.6) is 0 Å². The fourth-order valence-electron chi connectivity index (χ4n) is 1.09. The highest BCUT2D eigenvalue weighted by atomic mass is 79.9. The van der Waals surface area contributed by atoms with E-state index in [9.17, 15) is 13.2 Å². The molecule has 0 aliphatic rings. The maximum absolute atomic E-state index is 11.6. The molecule has 0 aliphatic heterocycles. The van der Waals surface area contributed by atoms with Crippen LogP contribution >= 0.6 is 16.3 Å². The van der Waals surface area contributed by atoms with Crippen molar-refractivity contribution < 1.29 is 17.0 Å². The van der Waals surface area contributed by atoms with Gasteiger partial charge in [-0.1, -0.05) is 20.8 Å². The van der Waals surface area contributed by atoms with Crippen LogP contribution < -0.4 is 0 Å². The van der Waals surface area contributed by atoms with Crippen LogP contribution in [0.1, 0.15) is 27.7 Å². The number of hydrogen-bond donors (Lipinski definition) is 0. The average Bonchev–Trinajstić information content (AvgIpc) is 1.97. The number of halogens is 1. The number of carbonyl (C=O) groups excluding carboxylic acids is 1. The first-order chi connectivity index (χ1) is 5.98. The van der Waals surface area contributed by atoms with E-state index in [1.54, 1.807) is 20.8 Å². The van der Waals surface area contributed by atoms with Crippen molar-refractivity contribution in [2.75, 3.05) is 6.26 Å². The summed E-state index contributed by atoms with van der Waals surface area (Å²) < 4.78 is 26.0. The molecular weight excluding hydrogens is 272 g/mol. The summed E-state index contributed by atoms with van der Waals surface area (Å²) in [6, 6.07) is 0. The SMILES string of the molecule is CC(C)(C)C(C)(C(=O)OBr)S(C)(=O)=O. The lowest BCUT2D eigenvalue weighted by Gasteiger charge is -2.36. The van der Waals surface area contributed by atoms with Gasteiger partial charge in [-0.05, 0) is 12.3 Å². The molecule has 0 aliphatic carbocycles. The van der Waals surface area contributed by atoms with Gasteiger partial charge < -0.3 is 3.83 Å². The molecule has 0 aromatic rings. The van der Waals surface area contributed by atoms with Gasteiger partial charge in [-0.2, -0.15) is 0 Å². The Hall–Kier alpha value is -0.100. The Kier molecular flexibility index (Phi) is 3.78. The molecule has 1 unspecified atom stereocenters. The van der Waals surface area contributed by atoms with Gasteiger partial charge in [-0.3, -0.25) is 0 Å². The van der Waals surface area contributed by atoms with E-state index in [0.717, 1.165) is 6.26 Å². The quantitative estimate of drug-likeness (QED) is 0.775. The van der Waals surface area contributed by atoms with E-state index >= 15 is 0 Å². The first-order valence-electron chi connectivity index (χ1n) is 4.01. The lowest BCUT2D eigenvalue weighted by Crippen LogP contribution is -2.53. The van der Waals surface area contributed by atoms with Crippen LogP contribution in [0.3, 0.4) is 0 Å². The lowest BCUT2D eigenvalue weighted by molar-refractivity contribution is -0.137. The first kappa shape index (κ1) is 13.9. The van der Waals surface area contributed by atoms with Gasteiger partial charge in [0.2, 0.25) is 0 Å². The average molecular weight is 287 g/mol. The molecule has 14 heavy (non-hydrogen) atoms. The van der Waals surface area contributed by atoms with Gasteiger partial charge in [0.15, 0.2) is 30.8 Å². The largest absolute Gasteiger partial charge is 0.382 e. The van der Waals surface area contributed by atoms with Crippen LogP contribution in [0.25, 0.3) is 0 Å². The fraction of sp³-hybridized carbons (Fsp3) is 0.875. The van der Waals surface area contributed by atoms with Crippen LogP contribution in [-0.2, 0) is 18.5 Å². The third kappa shape index (κ3) is 2.11. The molecule has 0 bridgehead atoms. The molecule has 0 saturated carbocycles. The number of hydrogen-bond acceptors (Lipinski definition) is 4. The Bertz CT molecular complexity index is 328. The molecule has 0 saturated heterocycles. The van der Waals surface area contributed by atoms with Gasteiger partial charge >= 0.3 is 5.97 Å². The molecule has 0 radical (unpaired) electrons. The van der Waals surface area contributed by atoms with Crippen molar-refractivity contribution in [1.82, 2.24) is 0 Å². The monoisotopic (exact) mass is 286 g/mol. The van der Waals surface area contributed by atoms with E-state index in [-0.39, 0.29) is 0 Å². The highest BCUT2D eigenvalue weighted by Gasteiger charge is 2.54. The van der Waals surface area contributed by atoms with Crippen LogP contribution in [0.2, 0.25) is 0 Å². The Balaban J connectivity index is 5.66. The summed E-state index contributed by atoms with van der Waals surface area (Å²) in [7, 11) is -3.54. The van der Waals surface area contributed by atoms with Gasteiger partial charge in [-0.15, -0.1) is 0 Å². The molecule has 0 aromatic heterocycles. The first-order valence-corrected chi connectivity index (χ1v) is 6.55. The third-order valence-electron chi connectivity index (χ3n) is 2.63. The van der Waals surface area contributed by atoms with E-state index in [1.807, 2.05) is 0 Å². The van der Waals surface area contributed by atoms with Crippen LogP contribution in [0, 0.1) is 5.41 Å². The predicted octanol–water partition coefficient (Wildman–Crippen LogP) is 1.69. The minimum atomic E-state index is -3.54. The standard InChI is InChI=1S/C8H15BrO4S/c1-7(2,3)8(4,6(10)13-9)14(5,11)12/h1-5H3. The Morgan fingerprint density at radius 2 is 1.57 bits per heavy atom. The number of carbonyl (C=O) groups is 1. The topological polar surface area (TPSA) is 60.4 Å². The van der Waals surface area contributed by atoms with Crippen molar-refractivity contribution in [1.29, 1.82) is 0 Å². The maximum atomic E-state index is 11.6. The van der Waals surface area contributed by atoms with E-state index < -0.39 is 26.0 Å².